The molecule has 0 aromatic heterocycles. The Kier molecular flexibility index (Phi) is 14.3. The van der Waals surface area contributed by atoms with Crippen LogP contribution < -0.4 is 70.7 Å². The molecule has 1 amide bonds. The number of alkyl halides is 3. The van der Waals surface area contributed by atoms with Crippen molar-refractivity contribution in [2.75, 3.05) is 6.61 Å². The molecule has 14 nitrogen and oxygen atoms in total. The molecular weight excluding hydrogens is 1170 g/mol. The Morgan fingerprint density at radius 2 is 1.44 bits per heavy atom. The molecule has 3 aromatic carbocycles. The SMILES string of the molecule is CC(=O)O[C@H]1C[C@]2(C)[C@@H](O)CC3OC[C@@]3(OC(C)=O)C2([I-])C([I-]OC(=O)c2ccccc2)[C@]2(O)CC(OC(=O)[C@H](O)C(NC(=O)c3ccccc3)[I-]c3ccccc3)C(C)=C1C2(C)C. The summed E-state index contributed by atoms with van der Waals surface area (Å²) in [7, 11) is 0. The van der Waals surface area contributed by atoms with Crippen LogP contribution >= 0.6 is 0 Å². The molecular formula is C47H52I3NO13-3. The molecule has 3 aromatic rings. The quantitative estimate of drug-likeness (QED) is 0.0335. The number of halogens is 3. The van der Waals surface area contributed by atoms with E-state index in [2.05, 4.69) is 27.9 Å². The molecule has 1 heterocycles. The fourth-order valence-electron chi connectivity index (χ4n) is 10.0. The summed E-state index contributed by atoms with van der Waals surface area (Å²) in [5.41, 5.74) is -4.64. The number of ether oxygens (including phenoxy) is 4. The molecule has 1 saturated heterocycles. The van der Waals surface area contributed by atoms with Crippen molar-refractivity contribution in [2.24, 2.45) is 10.8 Å². The number of amides is 1. The average molecular weight is 1220 g/mol. The van der Waals surface area contributed by atoms with Crippen LogP contribution in [0.4, 0.5) is 0 Å². The van der Waals surface area contributed by atoms with Gasteiger partial charge in [-0.25, -0.2) is 0 Å². The van der Waals surface area contributed by atoms with Crippen molar-refractivity contribution in [2.45, 2.75) is 114 Å². The first-order valence-electron chi connectivity index (χ1n) is 20.8. The van der Waals surface area contributed by atoms with E-state index in [1.54, 1.807) is 81.4 Å². The van der Waals surface area contributed by atoms with Gasteiger partial charge in [0.15, 0.2) is 0 Å². The van der Waals surface area contributed by atoms with Crippen LogP contribution in [0.3, 0.4) is 0 Å². The zero-order chi connectivity index (χ0) is 46.4. The normalized spacial score (nSPS) is 32.5. The van der Waals surface area contributed by atoms with Crippen LogP contribution in [-0.4, -0.2) is 105 Å². The van der Waals surface area contributed by atoms with Crippen LogP contribution in [0.2, 0.25) is 0 Å². The Morgan fingerprint density at radius 3 is 2.00 bits per heavy atom. The number of carbonyl (C=O) groups excluding carboxylic acids is 5. The molecule has 347 valence electrons. The molecule has 3 aliphatic carbocycles. The average Bonchev–Trinajstić information content (AvgIpc) is 3.25. The maximum absolute atomic E-state index is 14.5. The van der Waals surface area contributed by atoms with Crippen molar-refractivity contribution in [1.29, 1.82) is 0 Å². The summed E-state index contributed by atoms with van der Waals surface area (Å²) >= 11 is -1.01. The van der Waals surface area contributed by atoms with E-state index in [1.807, 2.05) is 37.3 Å². The van der Waals surface area contributed by atoms with Gasteiger partial charge in [-0.1, -0.05) is 0 Å². The number of rotatable bonds is 12. The molecule has 64 heavy (non-hydrogen) atoms. The van der Waals surface area contributed by atoms with Crippen molar-refractivity contribution in [3.8, 4) is 0 Å². The number of hydrogen-bond donors (Lipinski definition) is 4. The molecule has 7 rings (SSSR count). The predicted octanol–water partition coefficient (Wildman–Crippen LogP) is -5.22. The molecule has 1 aliphatic heterocycles. The van der Waals surface area contributed by atoms with Crippen LogP contribution in [0.25, 0.3) is 0 Å². The predicted molar refractivity (Wildman–Crippen MR) is 216 cm³/mol. The van der Waals surface area contributed by atoms with Crippen molar-refractivity contribution in [3.63, 3.8) is 0 Å². The molecule has 4 N–H and O–H groups in total. The number of benzene rings is 3. The second kappa shape index (κ2) is 18.8. The van der Waals surface area contributed by atoms with E-state index >= 15 is 0 Å². The van der Waals surface area contributed by atoms with Crippen LogP contribution in [0.1, 0.15) is 81.5 Å². The van der Waals surface area contributed by atoms with E-state index in [-0.39, 0.29) is 31.4 Å². The van der Waals surface area contributed by atoms with E-state index in [4.69, 9.17) is 22.0 Å². The first-order chi connectivity index (χ1) is 30.2. The number of esters is 3. The molecule has 11 atom stereocenters. The second-order valence-electron chi connectivity index (χ2n) is 17.5. The standard InChI is InChI=1S/C47H52I3NO13/c1-26-32(62-41(58)37(55)38(49-31-20-14-9-15-21-31)51-39(56)29-16-10-7-11-17-29)24-45(59)42(50-64-40(57)30-18-12-8-13-19-30)47(48)44(6,23-33(61-27(2)52)36(26)43(45,4)5)34(54)22-35-46(47,25-60-35)63-28(3)53/h7-21,32-35,37-38,42,54-55,59H,22-25H2,1-6H3,(H,51,56)/q-3/t32?,33-,34-,35?,37+,38?,42?,44+,45+,46-,47?/m0/s1. The van der Waals surface area contributed by atoms with Crippen LogP contribution in [0.15, 0.2) is 102 Å². The number of hydrogen-bond acceptors (Lipinski definition) is 13. The fraction of sp³-hybridized carbons (Fsp3) is 0.468. The van der Waals surface area contributed by atoms with Gasteiger partial charge in [0.1, 0.15) is 0 Å². The second-order valence-corrected chi connectivity index (χ2v) is 24.6. The molecule has 2 saturated carbocycles. The van der Waals surface area contributed by atoms with E-state index < -0.39 is 137 Å². The summed E-state index contributed by atoms with van der Waals surface area (Å²) in [5.74, 6) is -3.47. The van der Waals surface area contributed by atoms with Gasteiger partial charge in [-0.15, -0.1) is 0 Å². The number of aliphatic hydroxyl groups is 3. The minimum atomic E-state index is -2.02. The summed E-state index contributed by atoms with van der Waals surface area (Å²) < 4.78 is 28.3. The molecule has 3 fully saturated rings. The van der Waals surface area contributed by atoms with E-state index in [0.29, 0.717) is 16.7 Å². The molecule has 1 radical (unpaired) electrons. The molecule has 5 unspecified atom stereocenters. The van der Waals surface area contributed by atoms with E-state index in [9.17, 15) is 39.3 Å². The van der Waals surface area contributed by atoms with Crippen LogP contribution in [-0.2, 0) is 36.4 Å². The van der Waals surface area contributed by atoms with Gasteiger partial charge in [-0.05, 0) is 0 Å². The first-order valence-corrected chi connectivity index (χ1v) is 26.3. The first kappa shape index (κ1) is 48.7. The van der Waals surface area contributed by atoms with Gasteiger partial charge >= 0.3 is 410 Å². The van der Waals surface area contributed by atoms with Crippen molar-refractivity contribution in [1.82, 2.24) is 5.32 Å². The Balaban J connectivity index is 1.35. The third-order valence-electron chi connectivity index (χ3n) is 13.4. The third kappa shape index (κ3) is 8.52. The van der Waals surface area contributed by atoms with Gasteiger partial charge < -0.3 is 0 Å². The van der Waals surface area contributed by atoms with Gasteiger partial charge in [0.2, 0.25) is 0 Å². The number of nitrogens with one attached hydrogen (secondary N) is 1. The summed E-state index contributed by atoms with van der Waals surface area (Å²) in [6, 6.07) is 26.0. The Bertz CT molecular complexity index is 2300. The van der Waals surface area contributed by atoms with Gasteiger partial charge in [0, 0.05) is 0 Å². The molecule has 17 heteroatoms. The van der Waals surface area contributed by atoms with Gasteiger partial charge in [-0.3, -0.25) is 0 Å². The maximum atomic E-state index is 14.5. The third-order valence-corrected chi connectivity index (χ3v) is 23.6. The summed E-state index contributed by atoms with van der Waals surface area (Å²) in [5, 5.41) is 41.1. The summed E-state index contributed by atoms with van der Waals surface area (Å²) in [6.45, 7) is 9.55. The number of fused-ring (bicyclic) bond motifs is 5. The number of aliphatic hydroxyl groups excluding tert-OH is 2. The van der Waals surface area contributed by atoms with Crippen molar-refractivity contribution in [3.05, 3.63) is 117 Å². The van der Waals surface area contributed by atoms with Crippen molar-refractivity contribution < 1.29 is 127 Å². The topological polar surface area (TPSA) is 204 Å². The Labute approximate surface area is 406 Å². The van der Waals surface area contributed by atoms with Gasteiger partial charge in [-0.2, -0.15) is 0 Å². The van der Waals surface area contributed by atoms with E-state index in [0.717, 1.165) is 3.57 Å². The minimum absolute atomic E-state index is 0.0378. The van der Waals surface area contributed by atoms with Crippen LogP contribution in [0, 0.1) is 14.4 Å². The summed E-state index contributed by atoms with van der Waals surface area (Å²) in [6.07, 6.45) is -6.46. The Hall–Kier alpha value is -3.22. The van der Waals surface area contributed by atoms with Crippen LogP contribution in [0.5, 0.6) is 0 Å². The Morgan fingerprint density at radius 1 is 0.844 bits per heavy atom. The van der Waals surface area contributed by atoms with Crippen molar-refractivity contribution >= 4 is 29.8 Å². The number of carbonyl (C=O) groups is 5. The van der Waals surface area contributed by atoms with Gasteiger partial charge in [0.25, 0.3) is 0 Å². The van der Waals surface area contributed by atoms with Gasteiger partial charge in [0.05, 0.1) is 0 Å². The fourth-order valence-corrected chi connectivity index (χ4v) is 18.8. The monoisotopic (exact) mass is 1220 g/mol. The summed E-state index contributed by atoms with van der Waals surface area (Å²) in [4.78, 5) is 68.1. The van der Waals surface area contributed by atoms with E-state index in [1.165, 1.54) is 13.8 Å². The molecule has 4 aliphatic rings. The molecule has 0 spiro atoms. The zero-order valence-corrected chi connectivity index (χ0v) is 42.6. The zero-order valence-electron chi connectivity index (χ0n) is 36.1. The molecule has 2 bridgehead atoms.